The van der Waals surface area contributed by atoms with Gasteiger partial charge < -0.3 is 9.84 Å². The van der Waals surface area contributed by atoms with E-state index in [1.807, 2.05) is 30.3 Å². The van der Waals surface area contributed by atoms with Gasteiger partial charge in [-0.2, -0.15) is 0 Å². The Morgan fingerprint density at radius 2 is 1.64 bits per heavy atom. The lowest BCUT2D eigenvalue weighted by Crippen LogP contribution is -2.30. The van der Waals surface area contributed by atoms with Crippen LogP contribution in [0.1, 0.15) is 47.1 Å². The quantitative estimate of drug-likeness (QED) is 0.785. The lowest BCUT2D eigenvalue weighted by atomic mass is 9.99. The van der Waals surface area contributed by atoms with Crippen molar-refractivity contribution >= 4 is 17.7 Å². The van der Waals surface area contributed by atoms with Crippen LogP contribution in [-0.2, 0) is 41.6 Å². The maximum atomic E-state index is 12.5. The van der Waals surface area contributed by atoms with Gasteiger partial charge in [0.05, 0.1) is 5.69 Å². The molecular weight excluding hydrogens is 354 g/mol. The minimum Gasteiger partial charge on any atom is -0.479 e. The number of rotatable bonds is 6. The Labute approximate surface area is 164 Å². The number of fused-ring (bicyclic) bond motifs is 2. The van der Waals surface area contributed by atoms with Gasteiger partial charge in [0.15, 0.2) is 0 Å². The van der Waals surface area contributed by atoms with Gasteiger partial charge >= 0.3 is 12.1 Å². The average Bonchev–Trinajstić information content (AvgIpc) is 3.34. The average molecular weight is 379 g/mol. The fourth-order valence-electron chi connectivity index (χ4n) is 4.40. The number of carbonyl (C=O) groups is 2. The molecule has 1 atom stereocenters. The summed E-state index contributed by atoms with van der Waals surface area (Å²) in [6, 6.07) is 11.9. The number of benzene rings is 2. The van der Waals surface area contributed by atoms with E-state index in [0.717, 1.165) is 49.8 Å². The fraction of sp³-hybridized carbons (Fsp3) is 0.391. The molecule has 2 aromatic rings. The summed E-state index contributed by atoms with van der Waals surface area (Å²) < 4.78 is 5.31. The van der Waals surface area contributed by atoms with E-state index >= 15 is 0 Å². The minimum absolute atomic E-state index is 0.248. The summed E-state index contributed by atoms with van der Waals surface area (Å²) in [6.45, 7) is 0. The van der Waals surface area contributed by atoms with Crippen molar-refractivity contribution in [3.63, 3.8) is 0 Å². The first-order chi connectivity index (χ1) is 13.6. The molecule has 0 unspecified atom stereocenters. The molecule has 0 heterocycles. The SMILES string of the molecule is O=C(Nc1c2c(cc3c1CCC3)CCC2)O[C@H](CCc1ccccc1)C(=O)O. The van der Waals surface area contributed by atoms with E-state index in [-0.39, 0.29) is 6.42 Å². The Morgan fingerprint density at radius 1 is 1.00 bits per heavy atom. The number of aryl methyl sites for hydroxylation is 3. The van der Waals surface area contributed by atoms with E-state index in [9.17, 15) is 14.7 Å². The summed E-state index contributed by atoms with van der Waals surface area (Å²) in [6.07, 6.45) is 5.14. The Balaban J connectivity index is 1.45. The molecule has 0 saturated carbocycles. The van der Waals surface area contributed by atoms with Gasteiger partial charge in [-0.05, 0) is 79.2 Å². The molecule has 0 aliphatic heterocycles. The lowest BCUT2D eigenvalue weighted by molar-refractivity contribution is -0.146. The third kappa shape index (κ3) is 3.88. The normalized spacial score (nSPS) is 15.6. The number of aliphatic carboxylic acids is 1. The second-order valence-electron chi connectivity index (χ2n) is 7.62. The molecule has 0 spiro atoms. The van der Waals surface area contributed by atoms with Crippen molar-refractivity contribution in [2.75, 3.05) is 5.32 Å². The smallest absolute Gasteiger partial charge is 0.412 e. The monoisotopic (exact) mass is 379 g/mol. The van der Waals surface area contributed by atoms with E-state index in [2.05, 4.69) is 11.4 Å². The van der Waals surface area contributed by atoms with Gasteiger partial charge in [0.25, 0.3) is 0 Å². The Morgan fingerprint density at radius 3 is 2.25 bits per heavy atom. The van der Waals surface area contributed by atoms with Crippen LogP contribution in [0.5, 0.6) is 0 Å². The number of nitrogens with one attached hydrogen (secondary N) is 1. The highest BCUT2D eigenvalue weighted by Gasteiger charge is 2.27. The topological polar surface area (TPSA) is 75.6 Å². The third-order valence-corrected chi connectivity index (χ3v) is 5.76. The van der Waals surface area contributed by atoms with Crippen molar-refractivity contribution in [3.05, 3.63) is 64.2 Å². The molecular formula is C23H25NO4. The summed E-state index contributed by atoms with van der Waals surface area (Å²) in [5.74, 6) is -1.12. The predicted molar refractivity (Wildman–Crippen MR) is 107 cm³/mol. The molecule has 0 saturated heterocycles. The number of hydrogen-bond acceptors (Lipinski definition) is 3. The van der Waals surface area contributed by atoms with Crippen molar-refractivity contribution in [3.8, 4) is 0 Å². The van der Waals surface area contributed by atoms with Gasteiger partial charge in [0, 0.05) is 0 Å². The molecule has 0 fully saturated rings. The number of amides is 1. The number of carboxylic acids is 1. The molecule has 0 bridgehead atoms. The summed E-state index contributed by atoms with van der Waals surface area (Å²) in [5.41, 5.74) is 6.93. The van der Waals surface area contributed by atoms with Crippen LogP contribution in [-0.4, -0.2) is 23.3 Å². The molecule has 0 aromatic heterocycles. The summed E-state index contributed by atoms with van der Waals surface area (Å²) >= 11 is 0. The highest BCUT2D eigenvalue weighted by atomic mass is 16.6. The molecule has 4 rings (SSSR count). The molecule has 2 aliphatic rings. The number of anilines is 1. The van der Waals surface area contributed by atoms with Crippen molar-refractivity contribution < 1.29 is 19.4 Å². The van der Waals surface area contributed by atoms with Crippen LogP contribution in [0.25, 0.3) is 0 Å². The van der Waals surface area contributed by atoms with Gasteiger partial charge in [0.1, 0.15) is 0 Å². The number of hydrogen-bond donors (Lipinski definition) is 2. The maximum absolute atomic E-state index is 12.5. The van der Waals surface area contributed by atoms with Gasteiger partial charge in [-0.1, -0.05) is 36.4 Å². The van der Waals surface area contributed by atoms with Crippen LogP contribution in [0.15, 0.2) is 36.4 Å². The number of carboxylic acid groups (broad SMARTS) is 1. The minimum atomic E-state index is -1.16. The second kappa shape index (κ2) is 8.05. The summed E-state index contributed by atoms with van der Waals surface area (Å²) in [5, 5.41) is 12.4. The van der Waals surface area contributed by atoms with Crippen molar-refractivity contribution in [2.45, 2.75) is 57.5 Å². The van der Waals surface area contributed by atoms with Crippen molar-refractivity contribution in [1.29, 1.82) is 0 Å². The zero-order valence-corrected chi connectivity index (χ0v) is 15.9. The van der Waals surface area contributed by atoms with Crippen LogP contribution in [0.2, 0.25) is 0 Å². The zero-order chi connectivity index (χ0) is 19.5. The second-order valence-corrected chi connectivity index (χ2v) is 7.62. The van der Waals surface area contributed by atoms with E-state index < -0.39 is 18.2 Å². The number of ether oxygens (including phenoxy) is 1. The van der Waals surface area contributed by atoms with Gasteiger partial charge in [-0.3, -0.25) is 5.32 Å². The first kappa shape index (κ1) is 18.5. The van der Waals surface area contributed by atoms with E-state index in [4.69, 9.17) is 4.74 Å². The molecule has 2 aliphatic carbocycles. The summed E-state index contributed by atoms with van der Waals surface area (Å²) in [7, 11) is 0. The van der Waals surface area contributed by atoms with Crippen LogP contribution in [0.4, 0.5) is 10.5 Å². The molecule has 1 amide bonds. The summed E-state index contributed by atoms with van der Waals surface area (Å²) in [4.78, 5) is 24.1. The third-order valence-electron chi connectivity index (χ3n) is 5.76. The zero-order valence-electron chi connectivity index (χ0n) is 15.9. The van der Waals surface area contributed by atoms with Gasteiger partial charge in [-0.15, -0.1) is 0 Å². The predicted octanol–water partition coefficient (Wildman–Crippen LogP) is 4.30. The first-order valence-electron chi connectivity index (χ1n) is 10.0. The first-order valence-corrected chi connectivity index (χ1v) is 10.0. The van der Waals surface area contributed by atoms with Crippen molar-refractivity contribution in [2.24, 2.45) is 0 Å². The number of carbonyl (C=O) groups excluding carboxylic acids is 1. The van der Waals surface area contributed by atoms with E-state index in [1.54, 1.807) is 0 Å². The van der Waals surface area contributed by atoms with Gasteiger partial charge in [-0.25, -0.2) is 9.59 Å². The molecule has 5 nitrogen and oxygen atoms in total. The standard InChI is InChI=1S/C23H25NO4/c25-22(26)20(13-12-15-6-2-1-3-7-15)28-23(27)24-21-18-10-4-8-16(18)14-17-9-5-11-19(17)21/h1-3,6-7,14,20H,4-5,8-13H2,(H,24,27)(H,25,26)/t20-/m1/s1. The Hall–Kier alpha value is -2.82. The molecule has 2 aromatic carbocycles. The molecule has 0 radical (unpaired) electrons. The van der Waals surface area contributed by atoms with Gasteiger partial charge in [0.2, 0.25) is 6.10 Å². The van der Waals surface area contributed by atoms with Crippen LogP contribution in [0.3, 0.4) is 0 Å². The highest BCUT2D eigenvalue weighted by molar-refractivity contribution is 5.90. The Kier molecular flexibility index (Phi) is 5.33. The fourth-order valence-corrected chi connectivity index (χ4v) is 4.40. The largest absolute Gasteiger partial charge is 0.479 e. The van der Waals surface area contributed by atoms with Crippen LogP contribution in [0, 0.1) is 0 Å². The maximum Gasteiger partial charge on any atom is 0.412 e. The van der Waals surface area contributed by atoms with Crippen LogP contribution < -0.4 is 5.32 Å². The lowest BCUT2D eigenvalue weighted by Gasteiger charge is -2.18. The Bertz CT molecular complexity index is 859. The van der Waals surface area contributed by atoms with E-state index in [0.29, 0.717) is 6.42 Å². The van der Waals surface area contributed by atoms with Crippen molar-refractivity contribution in [1.82, 2.24) is 0 Å². The van der Waals surface area contributed by atoms with Crippen LogP contribution >= 0.6 is 0 Å². The molecule has 146 valence electrons. The molecule has 2 N–H and O–H groups in total. The highest BCUT2D eigenvalue weighted by Crippen LogP contribution is 2.38. The van der Waals surface area contributed by atoms with E-state index in [1.165, 1.54) is 22.3 Å². The molecule has 28 heavy (non-hydrogen) atoms. The molecule has 5 heteroatoms.